The fourth-order valence-corrected chi connectivity index (χ4v) is 7.87. The molecular weight excluding hydrogens is 626 g/mol. The van der Waals surface area contributed by atoms with E-state index < -0.39 is 59.0 Å². The van der Waals surface area contributed by atoms with Crippen molar-refractivity contribution in [2.75, 3.05) is 6.54 Å². The minimum Gasteiger partial charge on any atom is -0.347 e. The molecule has 0 unspecified atom stereocenters. The van der Waals surface area contributed by atoms with Crippen LogP contribution in [-0.4, -0.2) is 86.9 Å². The molecule has 6 atom stereocenters. The van der Waals surface area contributed by atoms with Gasteiger partial charge in [0.25, 0.3) is 11.8 Å². The molecule has 4 N–H and O–H groups in total. The monoisotopic (exact) mass is 679 g/mol. The molecular formula is C36H53N7O6. The molecule has 4 fully saturated rings. The second kappa shape index (κ2) is 15.8. The lowest BCUT2D eigenvalue weighted by Gasteiger charge is -2.38. The van der Waals surface area contributed by atoms with Gasteiger partial charge in [0.05, 0.1) is 12.2 Å². The van der Waals surface area contributed by atoms with Crippen LogP contribution in [0.5, 0.6) is 0 Å². The predicted molar refractivity (Wildman–Crippen MR) is 181 cm³/mol. The van der Waals surface area contributed by atoms with Crippen molar-refractivity contribution in [3.05, 3.63) is 24.3 Å². The van der Waals surface area contributed by atoms with Crippen LogP contribution in [0, 0.1) is 23.2 Å². The van der Waals surface area contributed by atoms with Gasteiger partial charge in [-0.3, -0.25) is 33.8 Å². The highest BCUT2D eigenvalue weighted by Crippen LogP contribution is 2.43. The first-order valence-electron chi connectivity index (χ1n) is 18.2. The number of fused-ring (bicyclic) bond motifs is 1. The fourth-order valence-electron chi connectivity index (χ4n) is 7.87. The highest BCUT2D eigenvalue weighted by Gasteiger charge is 2.52. The lowest BCUT2D eigenvalue weighted by Crippen LogP contribution is -2.62. The normalized spacial score (nSPS) is 24.2. The van der Waals surface area contributed by atoms with Crippen molar-refractivity contribution in [1.29, 1.82) is 0 Å². The SMILES string of the molecule is CCC[C@H](NC(=O)[C@@H]1[C@@H]2CCC[C@H]2CN1C(=O)[C@@H](NC(=O)[C@H](NC(=O)c1cnccn1)C1CCCCC1)C(C)(C)C)C(=O)C(=O)NC1CC1. The van der Waals surface area contributed by atoms with Gasteiger partial charge >= 0.3 is 0 Å². The van der Waals surface area contributed by atoms with Crippen LogP contribution >= 0.6 is 0 Å². The first-order chi connectivity index (χ1) is 23.4. The van der Waals surface area contributed by atoms with Gasteiger partial charge in [-0.05, 0) is 68.1 Å². The van der Waals surface area contributed by atoms with Gasteiger partial charge in [-0.15, -0.1) is 0 Å². The van der Waals surface area contributed by atoms with Crippen molar-refractivity contribution in [2.24, 2.45) is 23.2 Å². The Labute approximate surface area is 288 Å². The summed E-state index contributed by atoms with van der Waals surface area (Å²) >= 11 is 0. The summed E-state index contributed by atoms with van der Waals surface area (Å²) in [6.07, 6.45) is 13.9. The zero-order valence-electron chi connectivity index (χ0n) is 29.3. The molecule has 5 rings (SSSR count). The van der Waals surface area contributed by atoms with Gasteiger partial charge in [-0.25, -0.2) is 4.98 Å². The molecule has 1 aliphatic heterocycles. The summed E-state index contributed by atoms with van der Waals surface area (Å²) in [6, 6.07) is -3.68. The number of carbonyl (C=O) groups excluding carboxylic acids is 6. The number of likely N-dealkylation sites (tertiary alicyclic amines) is 1. The minimum absolute atomic E-state index is 0.0132. The Balaban J connectivity index is 1.36. The molecule has 0 bridgehead atoms. The average molecular weight is 680 g/mol. The van der Waals surface area contributed by atoms with Crippen LogP contribution in [0.15, 0.2) is 18.6 Å². The lowest BCUT2D eigenvalue weighted by atomic mass is 9.82. The minimum atomic E-state index is -0.994. The van der Waals surface area contributed by atoms with E-state index in [0.29, 0.717) is 19.4 Å². The number of nitrogens with zero attached hydrogens (tertiary/aromatic N) is 3. The fraction of sp³-hybridized carbons (Fsp3) is 0.722. The van der Waals surface area contributed by atoms with E-state index in [2.05, 4.69) is 31.2 Å². The van der Waals surface area contributed by atoms with Gasteiger partial charge in [0.1, 0.15) is 23.8 Å². The van der Waals surface area contributed by atoms with Crippen molar-refractivity contribution < 1.29 is 28.8 Å². The molecule has 1 aromatic heterocycles. The van der Waals surface area contributed by atoms with Crippen LogP contribution in [0.25, 0.3) is 0 Å². The molecule has 268 valence electrons. The van der Waals surface area contributed by atoms with E-state index in [1.807, 2.05) is 27.7 Å². The smallest absolute Gasteiger partial charge is 0.289 e. The molecule has 2 heterocycles. The van der Waals surface area contributed by atoms with E-state index in [0.717, 1.165) is 64.2 Å². The molecule has 4 aliphatic rings. The van der Waals surface area contributed by atoms with Gasteiger partial charge in [0.15, 0.2) is 0 Å². The van der Waals surface area contributed by atoms with Crippen LogP contribution in [0.1, 0.15) is 115 Å². The molecule has 5 amide bonds. The van der Waals surface area contributed by atoms with Crippen LogP contribution in [-0.2, 0) is 24.0 Å². The maximum Gasteiger partial charge on any atom is 0.289 e. The largest absolute Gasteiger partial charge is 0.347 e. The van der Waals surface area contributed by atoms with E-state index in [4.69, 9.17) is 0 Å². The number of nitrogens with one attached hydrogen (secondary N) is 4. The number of carbonyl (C=O) groups is 6. The summed E-state index contributed by atoms with van der Waals surface area (Å²) in [7, 11) is 0. The number of Topliss-reactive ketones (excluding diaryl/α,β-unsaturated/α-hetero) is 1. The van der Waals surface area contributed by atoms with Gasteiger partial charge < -0.3 is 26.2 Å². The van der Waals surface area contributed by atoms with Crippen molar-refractivity contribution in [3.63, 3.8) is 0 Å². The van der Waals surface area contributed by atoms with E-state index in [-0.39, 0.29) is 35.4 Å². The zero-order valence-corrected chi connectivity index (χ0v) is 29.3. The topological polar surface area (TPSA) is 180 Å². The van der Waals surface area contributed by atoms with Gasteiger partial charge in [-0.2, -0.15) is 0 Å². The summed E-state index contributed by atoms with van der Waals surface area (Å²) in [4.78, 5) is 91.4. The van der Waals surface area contributed by atoms with Gasteiger partial charge in [0, 0.05) is 25.0 Å². The molecule has 13 heteroatoms. The van der Waals surface area contributed by atoms with Crippen molar-refractivity contribution in [1.82, 2.24) is 36.1 Å². The molecule has 0 spiro atoms. The first-order valence-corrected chi connectivity index (χ1v) is 18.2. The number of ketones is 1. The number of rotatable bonds is 13. The molecule has 3 aliphatic carbocycles. The highest BCUT2D eigenvalue weighted by molar-refractivity contribution is 6.38. The summed E-state index contributed by atoms with van der Waals surface area (Å²) in [5.74, 6) is -3.20. The third-order valence-corrected chi connectivity index (χ3v) is 10.7. The molecule has 3 saturated carbocycles. The van der Waals surface area contributed by atoms with Crippen LogP contribution < -0.4 is 21.3 Å². The lowest BCUT2D eigenvalue weighted by molar-refractivity contribution is -0.146. The second-order valence-electron chi connectivity index (χ2n) is 15.5. The molecule has 13 nitrogen and oxygen atoms in total. The summed E-state index contributed by atoms with van der Waals surface area (Å²) < 4.78 is 0. The van der Waals surface area contributed by atoms with Crippen LogP contribution in [0.3, 0.4) is 0 Å². The predicted octanol–water partition coefficient (Wildman–Crippen LogP) is 2.45. The Morgan fingerprint density at radius 3 is 2.27 bits per heavy atom. The number of hydrogen-bond donors (Lipinski definition) is 4. The van der Waals surface area contributed by atoms with E-state index >= 15 is 0 Å². The molecule has 1 aromatic rings. The van der Waals surface area contributed by atoms with Crippen molar-refractivity contribution in [3.8, 4) is 0 Å². The number of hydrogen-bond acceptors (Lipinski definition) is 8. The third kappa shape index (κ3) is 8.83. The molecule has 0 aromatic carbocycles. The number of amides is 5. The van der Waals surface area contributed by atoms with Crippen LogP contribution in [0.4, 0.5) is 0 Å². The average Bonchev–Trinajstić information content (AvgIpc) is 3.65. The molecule has 49 heavy (non-hydrogen) atoms. The summed E-state index contributed by atoms with van der Waals surface area (Å²) in [5.41, 5.74) is -0.638. The van der Waals surface area contributed by atoms with Crippen molar-refractivity contribution >= 4 is 35.3 Å². The van der Waals surface area contributed by atoms with Gasteiger partial charge in [-0.1, -0.05) is 59.8 Å². The maximum atomic E-state index is 14.6. The number of aromatic nitrogens is 2. The highest BCUT2D eigenvalue weighted by atomic mass is 16.2. The Bertz CT molecular complexity index is 1390. The van der Waals surface area contributed by atoms with E-state index in [9.17, 15) is 28.8 Å². The molecule has 1 saturated heterocycles. The Hall–Kier alpha value is -3.90. The third-order valence-electron chi connectivity index (χ3n) is 10.7. The van der Waals surface area contributed by atoms with Crippen LogP contribution in [0.2, 0.25) is 0 Å². The summed E-state index contributed by atoms with van der Waals surface area (Å²) in [6.45, 7) is 7.85. The second-order valence-corrected chi connectivity index (χ2v) is 15.5. The Morgan fingerprint density at radius 1 is 0.898 bits per heavy atom. The first kappa shape index (κ1) is 36.4. The van der Waals surface area contributed by atoms with E-state index in [1.165, 1.54) is 18.6 Å². The maximum absolute atomic E-state index is 14.6. The Kier molecular flexibility index (Phi) is 11.7. The summed E-state index contributed by atoms with van der Waals surface area (Å²) in [5, 5.41) is 11.5. The van der Waals surface area contributed by atoms with Gasteiger partial charge in [0.2, 0.25) is 23.5 Å². The van der Waals surface area contributed by atoms with Crippen molar-refractivity contribution in [2.45, 2.75) is 135 Å². The zero-order chi connectivity index (χ0) is 35.3. The van der Waals surface area contributed by atoms with E-state index in [1.54, 1.807) is 4.90 Å². The molecule has 0 radical (unpaired) electrons. The standard InChI is InChI=1S/C36H53N7O6/c1-5-10-25(29(44)34(48)39-23-15-16-23)40-33(47)28-24-14-9-13-22(24)20-43(28)35(49)30(36(2,3)4)42-32(46)27(21-11-7-6-8-12-21)41-31(45)26-19-37-17-18-38-26/h17-19,21-25,27-28,30H,5-16,20H2,1-4H3,(H,39,48)(H,40,47)(H,41,45)(H,42,46)/t22-,24+,25-,27+,28-,30+/m0/s1. The Morgan fingerprint density at radius 2 is 1.63 bits per heavy atom. The quantitative estimate of drug-likeness (QED) is 0.230.